The quantitative estimate of drug-likeness (QED) is 0.672. The zero-order valence-electron chi connectivity index (χ0n) is 10.1. The first-order valence-corrected chi connectivity index (χ1v) is 5.87. The van der Waals surface area contributed by atoms with Gasteiger partial charge in [-0.15, -0.1) is 0 Å². The molecule has 0 atom stereocenters. The number of methoxy groups -OCH3 is 1. The Hall–Kier alpha value is -2.35. The van der Waals surface area contributed by atoms with E-state index in [1.807, 2.05) is 48.5 Å². The Morgan fingerprint density at radius 3 is 2.50 bits per heavy atom. The Morgan fingerprint density at radius 2 is 1.61 bits per heavy atom. The van der Waals surface area contributed by atoms with Crippen molar-refractivity contribution in [3.63, 3.8) is 0 Å². The second-order valence-electron chi connectivity index (χ2n) is 4.09. The van der Waals surface area contributed by atoms with E-state index >= 15 is 0 Å². The second-order valence-corrected chi connectivity index (χ2v) is 4.09. The lowest BCUT2D eigenvalue weighted by Gasteiger charge is -2.04. The van der Waals surface area contributed by atoms with E-state index < -0.39 is 0 Å². The molecular formula is C16H13NO. The molecule has 0 fully saturated rings. The molecule has 3 rings (SSSR count). The summed E-state index contributed by atoms with van der Waals surface area (Å²) in [7, 11) is 1.68. The highest BCUT2D eigenvalue weighted by Crippen LogP contribution is 2.33. The molecule has 2 heteroatoms. The minimum atomic E-state index is 0.852. The van der Waals surface area contributed by atoms with Gasteiger partial charge in [0.2, 0.25) is 0 Å². The van der Waals surface area contributed by atoms with Crippen molar-refractivity contribution < 1.29 is 4.74 Å². The minimum absolute atomic E-state index is 0.852. The lowest BCUT2D eigenvalue weighted by atomic mass is 10.1. The maximum absolute atomic E-state index is 5.37. The van der Waals surface area contributed by atoms with Gasteiger partial charge in [0.25, 0.3) is 0 Å². The Labute approximate surface area is 106 Å². The highest BCUT2D eigenvalue weighted by Gasteiger charge is 2.11. The van der Waals surface area contributed by atoms with E-state index in [2.05, 4.69) is 17.1 Å². The van der Waals surface area contributed by atoms with E-state index in [1.54, 1.807) is 7.11 Å². The van der Waals surface area contributed by atoms with Gasteiger partial charge in [-0.25, -0.2) is 4.98 Å². The topological polar surface area (TPSA) is 22.1 Å². The van der Waals surface area contributed by atoms with E-state index in [0.29, 0.717) is 0 Å². The molecule has 18 heavy (non-hydrogen) atoms. The molecule has 0 N–H and O–H groups in total. The van der Waals surface area contributed by atoms with Gasteiger partial charge in [0.05, 0.1) is 18.5 Å². The molecule has 2 aliphatic rings. The average Bonchev–Trinajstić information content (AvgIpc) is 2.70. The van der Waals surface area contributed by atoms with Gasteiger partial charge in [0, 0.05) is 11.1 Å². The van der Waals surface area contributed by atoms with Crippen molar-refractivity contribution in [3.05, 3.63) is 60.7 Å². The van der Waals surface area contributed by atoms with E-state index in [-0.39, 0.29) is 0 Å². The van der Waals surface area contributed by atoms with Crippen LogP contribution in [0.3, 0.4) is 0 Å². The highest BCUT2D eigenvalue weighted by molar-refractivity contribution is 5.76. The lowest BCUT2D eigenvalue weighted by molar-refractivity contribution is 0.416. The number of hydrogen-bond donors (Lipinski definition) is 0. The third-order valence-corrected chi connectivity index (χ3v) is 2.96. The molecule has 0 saturated carbocycles. The maximum atomic E-state index is 5.37. The number of benzene rings is 1. The van der Waals surface area contributed by atoms with Crippen LogP contribution in [0.2, 0.25) is 0 Å². The average molecular weight is 235 g/mol. The van der Waals surface area contributed by atoms with Crippen LogP contribution >= 0.6 is 0 Å². The van der Waals surface area contributed by atoms with Crippen LogP contribution in [0.4, 0.5) is 0 Å². The van der Waals surface area contributed by atoms with E-state index in [1.165, 1.54) is 0 Å². The van der Waals surface area contributed by atoms with Crippen LogP contribution in [0.1, 0.15) is 0 Å². The molecule has 1 aromatic rings. The maximum Gasteiger partial charge on any atom is 0.128 e. The third-order valence-electron chi connectivity index (χ3n) is 2.96. The van der Waals surface area contributed by atoms with Gasteiger partial charge >= 0.3 is 0 Å². The SMILES string of the molecule is COc1ccccc1-c1cc2cccccc-2n1. The summed E-state index contributed by atoms with van der Waals surface area (Å²) in [5.74, 6) is 0.852. The number of fused-ring (bicyclic) bond motifs is 1. The Bertz CT molecular complexity index is 617. The summed E-state index contributed by atoms with van der Waals surface area (Å²) in [6.07, 6.45) is 0. The van der Waals surface area contributed by atoms with Gasteiger partial charge in [-0.2, -0.15) is 0 Å². The van der Waals surface area contributed by atoms with E-state index in [9.17, 15) is 0 Å². The summed E-state index contributed by atoms with van der Waals surface area (Å²) in [5.41, 5.74) is 4.12. The molecule has 0 aromatic heterocycles. The molecule has 88 valence electrons. The summed E-state index contributed by atoms with van der Waals surface area (Å²) in [4.78, 5) is 4.65. The minimum Gasteiger partial charge on any atom is -0.496 e. The first kappa shape index (κ1) is 10.8. The van der Waals surface area contributed by atoms with Crippen molar-refractivity contribution >= 4 is 0 Å². The van der Waals surface area contributed by atoms with Crippen molar-refractivity contribution in [2.24, 2.45) is 0 Å². The third kappa shape index (κ3) is 1.82. The van der Waals surface area contributed by atoms with Crippen molar-refractivity contribution in [1.82, 2.24) is 4.98 Å². The Balaban J connectivity index is 2.18. The van der Waals surface area contributed by atoms with Crippen molar-refractivity contribution in [1.29, 1.82) is 0 Å². The molecule has 0 amide bonds. The molecule has 0 bridgehead atoms. The number of aromatic nitrogens is 1. The number of hydrogen-bond acceptors (Lipinski definition) is 2. The first-order valence-electron chi connectivity index (χ1n) is 5.87. The Kier molecular flexibility index (Phi) is 2.69. The summed E-state index contributed by atoms with van der Waals surface area (Å²) in [6.45, 7) is 0. The summed E-state index contributed by atoms with van der Waals surface area (Å²) in [6, 6.07) is 20.2. The summed E-state index contributed by atoms with van der Waals surface area (Å²) in [5, 5.41) is 0. The largest absolute Gasteiger partial charge is 0.496 e. The standard InChI is InChI=1S/C16H13NO/c1-18-16-10-6-5-8-13(16)15-11-12-7-3-2-4-9-14(12)17-15/h2-11H,1H3. The van der Waals surface area contributed by atoms with Crippen molar-refractivity contribution in [2.75, 3.05) is 7.11 Å². The molecule has 0 radical (unpaired) electrons. The van der Waals surface area contributed by atoms with Gasteiger partial charge in [-0.05, 0) is 24.3 Å². The molecule has 1 heterocycles. The number of ether oxygens (including phenoxy) is 1. The van der Waals surface area contributed by atoms with Crippen LogP contribution in [-0.2, 0) is 0 Å². The molecular weight excluding hydrogens is 222 g/mol. The fourth-order valence-corrected chi connectivity index (χ4v) is 2.08. The van der Waals surface area contributed by atoms with Gasteiger partial charge in [0.15, 0.2) is 0 Å². The monoisotopic (exact) mass is 235 g/mol. The molecule has 1 aliphatic carbocycles. The number of nitrogens with zero attached hydrogens (tertiary/aromatic N) is 1. The predicted octanol–water partition coefficient (Wildman–Crippen LogP) is 3.86. The van der Waals surface area contributed by atoms with Gasteiger partial charge in [0.1, 0.15) is 5.75 Å². The second kappa shape index (κ2) is 4.49. The lowest BCUT2D eigenvalue weighted by Crippen LogP contribution is -1.86. The summed E-state index contributed by atoms with van der Waals surface area (Å²) < 4.78 is 5.37. The molecule has 0 unspecified atom stereocenters. The predicted molar refractivity (Wildman–Crippen MR) is 72.8 cm³/mol. The molecule has 1 aliphatic heterocycles. The van der Waals surface area contributed by atoms with E-state index in [4.69, 9.17) is 4.74 Å². The van der Waals surface area contributed by atoms with Crippen LogP contribution in [0, 0.1) is 0 Å². The zero-order chi connectivity index (χ0) is 12.4. The molecule has 0 spiro atoms. The van der Waals surface area contributed by atoms with Crippen LogP contribution < -0.4 is 4.74 Å². The molecule has 0 saturated heterocycles. The number of rotatable bonds is 2. The van der Waals surface area contributed by atoms with Crippen molar-refractivity contribution in [3.8, 4) is 28.3 Å². The van der Waals surface area contributed by atoms with Crippen LogP contribution in [0.25, 0.3) is 22.5 Å². The zero-order valence-corrected chi connectivity index (χ0v) is 10.1. The first-order chi connectivity index (χ1) is 8.88. The van der Waals surface area contributed by atoms with Crippen LogP contribution in [0.15, 0.2) is 60.7 Å². The fourth-order valence-electron chi connectivity index (χ4n) is 2.08. The van der Waals surface area contributed by atoms with E-state index in [0.717, 1.165) is 28.3 Å². The van der Waals surface area contributed by atoms with Gasteiger partial charge in [-0.1, -0.05) is 36.4 Å². The van der Waals surface area contributed by atoms with Crippen molar-refractivity contribution in [2.45, 2.75) is 0 Å². The van der Waals surface area contributed by atoms with Gasteiger partial charge < -0.3 is 4.74 Å². The highest BCUT2D eigenvalue weighted by atomic mass is 16.5. The van der Waals surface area contributed by atoms with Crippen LogP contribution in [0.5, 0.6) is 5.75 Å². The fraction of sp³-hybridized carbons (Fsp3) is 0.0625. The molecule has 1 aromatic carbocycles. The number of para-hydroxylation sites is 1. The van der Waals surface area contributed by atoms with Gasteiger partial charge in [-0.3, -0.25) is 0 Å². The van der Waals surface area contributed by atoms with Crippen LogP contribution in [-0.4, -0.2) is 12.1 Å². The summed E-state index contributed by atoms with van der Waals surface area (Å²) >= 11 is 0. The normalized spacial score (nSPS) is 10.5. The Morgan fingerprint density at radius 1 is 0.833 bits per heavy atom. The molecule has 2 nitrogen and oxygen atoms in total. The smallest absolute Gasteiger partial charge is 0.128 e.